The van der Waals surface area contributed by atoms with Crippen molar-refractivity contribution >= 4 is 10.0 Å². The van der Waals surface area contributed by atoms with Crippen LogP contribution >= 0.6 is 0 Å². The molecule has 3 N–H and O–H groups in total. The minimum Gasteiger partial charge on any atom is -0.343 e. The number of aromatic nitrogens is 2. The number of benzene rings is 1. The average Bonchev–Trinajstić information content (AvgIpc) is 2.91. The molecule has 0 fully saturated rings. The van der Waals surface area contributed by atoms with Crippen molar-refractivity contribution in [2.24, 2.45) is 5.14 Å². The Labute approximate surface area is 117 Å². The van der Waals surface area contributed by atoms with E-state index in [-0.39, 0.29) is 10.9 Å². The van der Waals surface area contributed by atoms with Crippen LogP contribution in [0.3, 0.4) is 0 Å². The Hall–Kier alpha value is -1.77. The van der Waals surface area contributed by atoms with Crippen molar-refractivity contribution in [1.82, 2.24) is 15.5 Å². The van der Waals surface area contributed by atoms with Gasteiger partial charge in [-0.1, -0.05) is 17.3 Å². The Balaban J connectivity index is 1.90. The number of hydrogen-bond acceptors (Lipinski definition) is 6. The van der Waals surface area contributed by atoms with Crippen molar-refractivity contribution in [1.29, 1.82) is 0 Å². The lowest BCUT2D eigenvalue weighted by Crippen LogP contribution is -2.22. The van der Waals surface area contributed by atoms with Crippen molar-refractivity contribution in [2.45, 2.75) is 24.3 Å². The van der Waals surface area contributed by atoms with Crippen LogP contribution in [0.25, 0.3) is 0 Å². The van der Waals surface area contributed by atoms with Crippen LogP contribution < -0.4 is 10.5 Å². The molecule has 0 radical (unpaired) electrons. The van der Waals surface area contributed by atoms with Gasteiger partial charge in [0.15, 0.2) is 5.82 Å². The summed E-state index contributed by atoms with van der Waals surface area (Å²) in [5, 5.41) is 12.1. The molecule has 0 spiro atoms. The van der Waals surface area contributed by atoms with E-state index in [1.165, 1.54) is 18.5 Å². The zero-order valence-electron chi connectivity index (χ0n) is 11.0. The van der Waals surface area contributed by atoms with E-state index < -0.39 is 10.0 Å². The van der Waals surface area contributed by atoms with Gasteiger partial charge in [-0.2, -0.15) is 4.98 Å². The molecule has 1 aromatic carbocycles. The molecule has 0 aliphatic carbocycles. The highest BCUT2D eigenvalue weighted by atomic mass is 32.2. The third-order valence-electron chi connectivity index (χ3n) is 2.91. The van der Waals surface area contributed by atoms with Crippen molar-refractivity contribution in [3.8, 4) is 0 Å². The fraction of sp³-hybridized carbons (Fsp3) is 0.333. The summed E-state index contributed by atoms with van der Waals surface area (Å²) in [6.07, 6.45) is 1.96. The second-order valence-corrected chi connectivity index (χ2v) is 5.95. The van der Waals surface area contributed by atoms with E-state index in [9.17, 15) is 8.42 Å². The highest BCUT2D eigenvalue weighted by Crippen LogP contribution is 2.15. The largest absolute Gasteiger partial charge is 0.343 e. The Kier molecular flexibility index (Phi) is 4.48. The molecule has 0 bridgehead atoms. The summed E-state index contributed by atoms with van der Waals surface area (Å²) in [4.78, 5) is 4.04. The Morgan fingerprint density at radius 1 is 1.35 bits per heavy atom. The molecule has 0 aliphatic heterocycles. The highest BCUT2D eigenvalue weighted by molar-refractivity contribution is 7.89. The van der Waals surface area contributed by atoms with Gasteiger partial charge in [-0.25, -0.2) is 13.6 Å². The smallest absolute Gasteiger partial charge is 0.238 e. The van der Waals surface area contributed by atoms with E-state index in [0.717, 1.165) is 5.56 Å². The first-order valence-corrected chi connectivity index (χ1v) is 7.63. The summed E-state index contributed by atoms with van der Waals surface area (Å²) in [5.74, 6) is 0.647. The molecule has 1 atom stereocenters. The zero-order chi connectivity index (χ0) is 14.6. The summed E-state index contributed by atoms with van der Waals surface area (Å²) in [7, 11) is -3.64. The molecule has 8 heteroatoms. The summed E-state index contributed by atoms with van der Waals surface area (Å²) in [6, 6.07) is 6.57. The standard InChI is InChI=1S/C12H16N4O3S/c1-9(14-7-6-12-15-8-19-16-12)10-2-4-11(5-3-10)20(13,17)18/h2-5,8-9,14H,6-7H2,1H3,(H2,13,17,18). The van der Waals surface area contributed by atoms with Crippen molar-refractivity contribution in [3.05, 3.63) is 42.0 Å². The minimum absolute atomic E-state index is 0.0800. The van der Waals surface area contributed by atoms with E-state index in [1.54, 1.807) is 12.1 Å². The number of primary sulfonamides is 1. The normalized spacial score (nSPS) is 13.3. The number of rotatable bonds is 6. The maximum atomic E-state index is 11.2. The first kappa shape index (κ1) is 14.6. The van der Waals surface area contributed by atoms with E-state index in [2.05, 4.69) is 20.0 Å². The zero-order valence-corrected chi connectivity index (χ0v) is 11.8. The van der Waals surface area contributed by atoms with Crippen molar-refractivity contribution in [3.63, 3.8) is 0 Å². The maximum absolute atomic E-state index is 11.2. The molecule has 1 unspecified atom stereocenters. The Morgan fingerprint density at radius 3 is 2.60 bits per heavy atom. The fourth-order valence-electron chi connectivity index (χ4n) is 1.77. The monoisotopic (exact) mass is 296 g/mol. The molecule has 108 valence electrons. The van der Waals surface area contributed by atoms with E-state index in [1.807, 2.05) is 6.92 Å². The third-order valence-corrected chi connectivity index (χ3v) is 3.84. The molecule has 0 aliphatic rings. The van der Waals surface area contributed by atoms with Gasteiger partial charge >= 0.3 is 0 Å². The van der Waals surface area contributed by atoms with Crippen molar-refractivity contribution < 1.29 is 12.9 Å². The molecule has 1 heterocycles. The summed E-state index contributed by atoms with van der Waals surface area (Å²) in [6.45, 7) is 2.68. The van der Waals surface area contributed by atoms with Crippen molar-refractivity contribution in [2.75, 3.05) is 6.54 Å². The molecule has 0 saturated carbocycles. The summed E-state index contributed by atoms with van der Waals surface area (Å²) < 4.78 is 27.0. The number of nitrogens with one attached hydrogen (secondary N) is 1. The van der Waals surface area contributed by atoms with E-state index in [0.29, 0.717) is 18.8 Å². The van der Waals surface area contributed by atoms with Gasteiger partial charge < -0.3 is 9.84 Å². The van der Waals surface area contributed by atoms with Gasteiger partial charge in [-0.15, -0.1) is 0 Å². The third kappa shape index (κ3) is 3.86. The molecule has 0 saturated heterocycles. The predicted octanol–water partition coefficient (Wildman–Crippen LogP) is 0.610. The molecule has 7 nitrogen and oxygen atoms in total. The first-order valence-electron chi connectivity index (χ1n) is 6.08. The second kappa shape index (κ2) is 6.12. The van der Waals surface area contributed by atoms with Gasteiger partial charge in [0.2, 0.25) is 16.4 Å². The van der Waals surface area contributed by atoms with Crippen LogP contribution in [0.2, 0.25) is 0 Å². The van der Waals surface area contributed by atoms with Gasteiger partial charge in [0.05, 0.1) is 4.90 Å². The predicted molar refractivity (Wildman–Crippen MR) is 72.2 cm³/mol. The van der Waals surface area contributed by atoms with Crippen LogP contribution in [0.15, 0.2) is 40.1 Å². The van der Waals surface area contributed by atoms with Crippen LogP contribution in [-0.4, -0.2) is 25.1 Å². The SMILES string of the molecule is CC(NCCc1ncon1)c1ccc(S(N)(=O)=O)cc1. The van der Waals surface area contributed by atoms with Gasteiger partial charge in [-0.05, 0) is 24.6 Å². The highest BCUT2D eigenvalue weighted by Gasteiger charge is 2.09. The molecular formula is C12H16N4O3S. The van der Waals surface area contributed by atoms with E-state index in [4.69, 9.17) is 5.14 Å². The van der Waals surface area contributed by atoms with Gasteiger partial charge in [0, 0.05) is 19.0 Å². The topological polar surface area (TPSA) is 111 Å². The van der Waals surface area contributed by atoms with Crippen LogP contribution in [0.1, 0.15) is 24.4 Å². The molecule has 20 heavy (non-hydrogen) atoms. The molecule has 2 rings (SSSR count). The minimum atomic E-state index is -3.64. The van der Waals surface area contributed by atoms with Gasteiger partial charge in [-0.3, -0.25) is 0 Å². The number of hydrogen-bond donors (Lipinski definition) is 2. The molecule has 1 aromatic heterocycles. The summed E-state index contributed by atoms with van der Waals surface area (Å²) in [5.41, 5.74) is 0.977. The van der Waals surface area contributed by atoms with Crippen LogP contribution in [0.5, 0.6) is 0 Å². The quantitative estimate of drug-likeness (QED) is 0.808. The van der Waals surface area contributed by atoms with Crippen LogP contribution in [-0.2, 0) is 16.4 Å². The maximum Gasteiger partial charge on any atom is 0.238 e. The lowest BCUT2D eigenvalue weighted by molar-refractivity contribution is 0.408. The fourth-order valence-corrected chi connectivity index (χ4v) is 2.28. The Bertz CT molecular complexity index is 638. The summed E-state index contributed by atoms with van der Waals surface area (Å²) >= 11 is 0. The number of nitrogens with two attached hydrogens (primary N) is 1. The van der Waals surface area contributed by atoms with Crippen LogP contribution in [0.4, 0.5) is 0 Å². The average molecular weight is 296 g/mol. The van der Waals surface area contributed by atoms with Gasteiger partial charge in [0.25, 0.3) is 0 Å². The van der Waals surface area contributed by atoms with Crippen LogP contribution in [0, 0.1) is 0 Å². The molecule has 0 amide bonds. The first-order chi connectivity index (χ1) is 9.47. The molecule has 2 aromatic rings. The lowest BCUT2D eigenvalue weighted by Gasteiger charge is -2.13. The number of sulfonamides is 1. The molecular weight excluding hydrogens is 280 g/mol. The number of nitrogens with zero attached hydrogens (tertiary/aromatic N) is 2. The second-order valence-electron chi connectivity index (χ2n) is 4.39. The van der Waals surface area contributed by atoms with Gasteiger partial charge in [0.1, 0.15) is 0 Å². The van der Waals surface area contributed by atoms with E-state index >= 15 is 0 Å². The lowest BCUT2D eigenvalue weighted by atomic mass is 10.1. The Morgan fingerprint density at radius 2 is 2.05 bits per heavy atom.